The molecule has 2 rings (SSSR count). The first-order chi connectivity index (χ1) is 7.09. The van der Waals surface area contributed by atoms with Crippen molar-refractivity contribution in [2.45, 2.75) is 13.8 Å². The summed E-state index contributed by atoms with van der Waals surface area (Å²) < 4.78 is 0. The number of Topliss-reactive ketones (excluding diaryl/α,β-unsaturated/α-hetero) is 1. The van der Waals surface area contributed by atoms with Crippen molar-refractivity contribution in [2.24, 2.45) is 0 Å². The lowest BCUT2D eigenvalue weighted by Crippen LogP contribution is -2.05. The molecule has 0 saturated heterocycles. The first-order valence-corrected chi connectivity index (χ1v) is 4.73. The van der Waals surface area contributed by atoms with E-state index < -0.39 is 0 Å². The van der Waals surface area contributed by atoms with Crippen molar-refractivity contribution in [1.82, 2.24) is 4.98 Å². The largest absolute Gasteiger partial charge is 0.322 e. The van der Waals surface area contributed by atoms with Gasteiger partial charge in [0, 0.05) is 17.0 Å². The number of aryl methyl sites for hydroxylation is 1. The van der Waals surface area contributed by atoms with Crippen LogP contribution in [-0.2, 0) is 0 Å². The topological polar surface area (TPSA) is 49.9 Å². The molecule has 0 unspecified atom stereocenters. The third-order valence-corrected chi connectivity index (χ3v) is 2.48. The molecule has 0 aliphatic rings. The van der Waals surface area contributed by atoms with Gasteiger partial charge in [-0.2, -0.15) is 0 Å². The molecule has 0 atom stereocenters. The number of fused-ring (bicyclic) bond motifs is 1. The Morgan fingerprint density at radius 1 is 1.20 bits per heavy atom. The number of carbonyl (C=O) groups is 1. The van der Waals surface area contributed by atoms with Crippen LogP contribution in [0.1, 0.15) is 22.8 Å². The summed E-state index contributed by atoms with van der Waals surface area (Å²) in [5, 5.41) is 0.808. The zero-order valence-corrected chi connectivity index (χ0v) is 8.63. The summed E-state index contributed by atoms with van der Waals surface area (Å²) in [6, 6.07) is 6.76. The number of hydrogen-bond donors (Lipinski definition) is 1. The number of pyridine rings is 1. The van der Waals surface area contributed by atoms with Crippen molar-refractivity contribution in [1.29, 1.82) is 0 Å². The minimum absolute atomic E-state index is 0.00653. The fourth-order valence-electron chi connectivity index (χ4n) is 1.70. The zero-order chi connectivity index (χ0) is 11.0. The SMILES string of the molecule is CC(=O)c1ccc(C)c2[nH]c(=O)ccc12. The van der Waals surface area contributed by atoms with Gasteiger partial charge >= 0.3 is 0 Å². The maximum atomic E-state index is 11.4. The van der Waals surface area contributed by atoms with Crippen LogP contribution >= 0.6 is 0 Å². The monoisotopic (exact) mass is 201 g/mol. The normalized spacial score (nSPS) is 10.5. The van der Waals surface area contributed by atoms with Gasteiger partial charge in [0.2, 0.25) is 5.56 Å². The Labute approximate surface area is 86.8 Å². The Morgan fingerprint density at radius 3 is 2.60 bits per heavy atom. The first-order valence-electron chi connectivity index (χ1n) is 4.73. The lowest BCUT2D eigenvalue weighted by atomic mass is 10.0. The fraction of sp³-hybridized carbons (Fsp3) is 0.167. The van der Waals surface area contributed by atoms with Gasteiger partial charge in [-0.05, 0) is 25.5 Å². The lowest BCUT2D eigenvalue weighted by Gasteiger charge is -2.05. The van der Waals surface area contributed by atoms with E-state index in [1.165, 1.54) is 13.0 Å². The van der Waals surface area contributed by atoms with Crippen LogP contribution in [0.5, 0.6) is 0 Å². The van der Waals surface area contributed by atoms with Gasteiger partial charge in [-0.15, -0.1) is 0 Å². The molecular weight excluding hydrogens is 190 g/mol. The number of carbonyl (C=O) groups excluding carboxylic acids is 1. The van der Waals surface area contributed by atoms with Gasteiger partial charge < -0.3 is 4.98 Å². The van der Waals surface area contributed by atoms with E-state index in [0.717, 1.165) is 16.5 Å². The number of aromatic amines is 1. The van der Waals surface area contributed by atoms with Gasteiger partial charge in [0.25, 0.3) is 0 Å². The number of benzene rings is 1. The quantitative estimate of drug-likeness (QED) is 0.718. The molecule has 0 fully saturated rings. The van der Waals surface area contributed by atoms with Crippen LogP contribution in [0.15, 0.2) is 29.1 Å². The van der Waals surface area contributed by atoms with Gasteiger partial charge in [-0.3, -0.25) is 9.59 Å². The summed E-state index contributed by atoms with van der Waals surface area (Å²) in [5.41, 5.74) is 2.21. The van der Waals surface area contributed by atoms with Gasteiger partial charge in [0.15, 0.2) is 5.78 Å². The maximum Gasteiger partial charge on any atom is 0.248 e. The smallest absolute Gasteiger partial charge is 0.248 e. The first kappa shape index (κ1) is 9.65. The summed E-state index contributed by atoms with van der Waals surface area (Å²) in [5.74, 6) is 0.00653. The number of rotatable bonds is 1. The fourth-order valence-corrected chi connectivity index (χ4v) is 1.70. The molecule has 76 valence electrons. The van der Waals surface area contributed by atoms with Gasteiger partial charge in [0.05, 0.1) is 5.52 Å². The minimum Gasteiger partial charge on any atom is -0.322 e. The summed E-state index contributed by atoms with van der Waals surface area (Å²) in [4.78, 5) is 25.3. The van der Waals surface area contributed by atoms with E-state index >= 15 is 0 Å². The summed E-state index contributed by atoms with van der Waals surface area (Å²) >= 11 is 0. The van der Waals surface area contributed by atoms with Crippen molar-refractivity contribution in [3.63, 3.8) is 0 Å². The van der Waals surface area contributed by atoms with E-state index in [9.17, 15) is 9.59 Å². The number of H-pyrrole nitrogens is 1. The van der Waals surface area contributed by atoms with Crippen molar-refractivity contribution >= 4 is 16.7 Å². The predicted molar refractivity (Wildman–Crippen MR) is 59.3 cm³/mol. The molecule has 15 heavy (non-hydrogen) atoms. The molecule has 0 amide bonds. The standard InChI is InChI=1S/C12H11NO2/c1-7-3-4-9(8(2)14)10-5-6-11(15)13-12(7)10/h3-6H,1-2H3,(H,13,15). The Bertz CT molecular complexity index is 596. The zero-order valence-electron chi connectivity index (χ0n) is 8.63. The molecule has 1 aromatic carbocycles. The molecule has 0 spiro atoms. The predicted octanol–water partition coefficient (Wildman–Crippen LogP) is 2.04. The summed E-state index contributed by atoms with van der Waals surface area (Å²) in [6.45, 7) is 3.43. The molecule has 1 aromatic heterocycles. The van der Waals surface area contributed by atoms with Crippen LogP contribution in [-0.4, -0.2) is 10.8 Å². The summed E-state index contributed by atoms with van der Waals surface area (Å²) in [7, 11) is 0. The molecular formula is C12H11NO2. The molecule has 2 aromatic rings. The highest BCUT2D eigenvalue weighted by Crippen LogP contribution is 2.19. The van der Waals surface area contributed by atoms with E-state index in [4.69, 9.17) is 0 Å². The van der Waals surface area contributed by atoms with Crippen molar-refractivity contribution in [3.05, 3.63) is 45.7 Å². The average molecular weight is 201 g/mol. The Hall–Kier alpha value is -1.90. The highest BCUT2D eigenvalue weighted by Gasteiger charge is 2.07. The molecule has 3 heteroatoms. The van der Waals surface area contributed by atoms with Crippen molar-refractivity contribution in [2.75, 3.05) is 0 Å². The van der Waals surface area contributed by atoms with E-state index in [-0.39, 0.29) is 11.3 Å². The minimum atomic E-state index is -0.147. The van der Waals surface area contributed by atoms with Crippen molar-refractivity contribution in [3.8, 4) is 0 Å². The number of nitrogens with one attached hydrogen (secondary N) is 1. The highest BCUT2D eigenvalue weighted by molar-refractivity contribution is 6.06. The van der Waals surface area contributed by atoms with E-state index in [0.29, 0.717) is 5.56 Å². The molecule has 0 aliphatic heterocycles. The van der Waals surface area contributed by atoms with Crippen LogP contribution in [0.4, 0.5) is 0 Å². The lowest BCUT2D eigenvalue weighted by molar-refractivity contribution is 0.101. The number of aromatic nitrogens is 1. The third kappa shape index (κ3) is 1.56. The van der Waals surface area contributed by atoms with Crippen molar-refractivity contribution < 1.29 is 4.79 Å². The van der Waals surface area contributed by atoms with Gasteiger partial charge in [0.1, 0.15) is 0 Å². The highest BCUT2D eigenvalue weighted by atomic mass is 16.1. The second kappa shape index (κ2) is 3.35. The maximum absolute atomic E-state index is 11.4. The van der Waals surface area contributed by atoms with E-state index in [2.05, 4.69) is 4.98 Å². The molecule has 0 aliphatic carbocycles. The van der Waals surface area contributed by atoms with Crippen LogP contribution in [0.3, 0.4) is 0 Å². The molecule has 0 radical (unpaired) electrons. The Balaban J connectivity index is 2.94. The second-order valence-corrected chi connectivity index (χ2v) is 3.60. The molecule has 0 bridgehead atoms. The Morgan fingerprint density at radius 2 is 1.93 bits per heavy atom. The Kier molecular flexibility index (Phi) is 2.15. The molecule has 1 N–H and O–H groups in total. The van der Waals surface area contributed by atoms with Crippen LogP contribution in [0.2, 0.25) is 0 Å². The van der Waals surface area contributed by atoms with E-state index in [1.807, 2.05) is 13.0 Å². The van der Waals surface area contributed by atoms with Crippen LogP contribution < -0.4 is 5.56 Å². The van der Waals surface area contributed by atoms with Crippen LogP contribution in [0, 0.1) is 6.92 Å². The van der Waals surface area contributed by atoms with Gasteiger partial charge in [-0.1, -0.05) is 12.1 Å². The van der Waals surface area contributed by atoms with Gasteiger partial charge in [-0.25, -0.2) is 0 Å². The molecule has 3 nitrogen and oxygen atoms in total. The number of hydrogen-bond acceptors (Lipinski definition) is 2. The molecule has 0 saturated carbocycles. The number of ketones is 1. The summed E-state index contributed by atoms with van der Waals surface area (Å²) in [6.07, 6.45) is 0. The average Bonchev–Trinajstić information content (AvgIpc) is 2.19. The van der Waals surface area contributed by atoms with E-state index in [1.54, 1.807) is 12.1 Å². The molecule has 1 heterocycles. The third-order valence-electron chi connectivity index (χ3n) is 2.48. The van der Waals surface area contributed by atoms with Crippen LogP contribution in [0.25, 0.3) is 10.9 Å². The second-order valence-electron chi connectivity index (χ2n) is 3.60.